The molecule has 3 rings (SSSR count). The van der Waals surface area contributed by atoms with E-state index in [1.54, 1.807) is 0 Å². The number of anilines is 1. The molecule has 2 fully saturated rings. The molecule has 24 heavy (non-hydrogen) atoms. The highest BCUT2D eigenvalue weighted by Crippen LogP contribution is 2.24. The molecule has 132 valence electrons. The lowest BCUT2D eigenvalue weighted by Gasteiger charge is -2.40. The number of hydrogen-bond donors (Lipinski definition) is 0. The number of likely N-dealkylation sites (tertiary alicyclic amines) is 1. The Balaban J connectivity index is 1.52. The first-order chi connectivity index (χ1) is 11.6. The molecule has 2 aliphatic heterocycles. The normalized spacial score (nSPS) is 20.7. The summed E-state index contributed by atoms with van der Waals surface area (Å²) in [6.07, 6.45) is 5.79. The lowest BCUT2D eigenvalue weighted by atomic mass is 9.94. The second-order valence-corrected chi connectivity index (χ2v) is 7.38. The largest absolute Gasteiger partial charge is 0.368 e. The van der Waals surface area contributed by atoms with Crippen molar-refractivity contribution in [3.05, 3.63) is 24.0 Å². The van der Waals surface area contributed by atoms with Crippen LogP contribution < -0.4 is 4.90 Å². The lowest BCUT2D eigenvalue weighted by molar-refractivity contribution is -0.137. The number of aromatic nitrogens is 1. The van der Waals surface area contributed by atoms with Gasteiger partial charge in [0.2, 0.25) is 5.91 Å². The maximum atomic E-state index is 12.8. The second-order valence-electron chi connectivity index (χ2n) is 7.38. The number of amides is 1. The molecule has 0 radical (unpaired) electrons. The molecule has 3 heterocycles. The van der Waals surface area contributed by atoms with Gasteiger partial charge in [0, 0.05) is 56.2 Å². The predicted molar refractivity (Wildman–Crippen MR) is 97.2 cm³/mol. The van der Waals surface area contributed by atoms with E-state index in [0.29, 0.717) is 11.9 Å². The van der Waals surface area contributed by atoms with Crippen molar-refractivity contribution in [2.75, 3.05) is 44.2 Å². The summed E-state index contributed by atoms with van der Waals surface area (Å²) in [5, 5.41) is 0. The number of aryl methyl sites for hydroxylation is 1. The van der Waals surface area contributed by atoms with Gasteiger partial charge in [-0.2, -0.15) is 0 Å². The fraction of sp³-hybridized carbons (Fsp3) is 0.684. The average molecular weight is 330 g/mol. The van der Waals surface area contributed by atoms with Crippen molar-refractivity contribution in [3.8, 4) is 0 Å². The van der Waals surface area contributed by atoms with Crippen LogP contribution in [0.4, 0.5) is 5.69 Å². The van der Waals surface area contributed by atoms with Gasteiger partial charge in [0.05, 0.1) is 0 Å². The topological polar surface area (TPSA) is 39.7 Å². The van der Waals surface area contributed by atoms with Gasteiger partial charge >= 0.3 is 0 Å². The molecule has 1 amide bonds. The Labute approximate surface area is 145 Å². The Morgan fingerprint density at radius 3 is 2.38 bits per heavy atom. The van der Waals surface area contributed by atoms with E-state index in [9.17, 15) is 4.79 Å². The van der Waals surface area contributed by atoms with E-state index < -0.39 is 0 Å². The van der Waals surface area contributed by atoms with E-state index in [4.69, 9.17) is 0 Å². The van der Waals surface area contributed by atoms with E-state index in [1.807, 2.05) is 12.4 Å². The van der Waals surface area contributed by atoms with Crippen LogP contribution in [0.3, 0.4) is 0 Å². The van der Waals surface area contributed by atoms with E-state index in [2.05, 4.69) is 46.5 Å². The van der Waals surface area contributed by atoms with Gasteiger partial charge in [0.25, 0.3) is 0 Å². The summed E-state index contributed by atoms with van der Waals surface area (Å²) < 4.78 is 0. The highest BCUT2D eigenvalue weighted by molar-refractivity contribution is 5.79. The minimum Gasteiger partial charge on any atom is -0.368 e. The summed E-state index contributed by atoms with van der Waals surface area (Å²) in [5.74, 6) is 0.610. The van der Waals surface area contributed by atoms with E-state index >= 15 is 0 Å². The lowest BCUT2D eigenvalue weighted by Crippen LogP contribution is -2.52. The molecule has 2 saturated heterocycles. The van der Waals surface area contributed by atoms with E-state index in [-0.39, 0.29) is 5.92 Å². The third-order valence-corrected chi connectivity index (χ3v) is 5.53. The van der Waals surface area contributed by atoms with Gasteiger partial charge in [0.1, 0.15) is 0 Å². The smallest absolute Gasteiger partial charge is 0.225 e. The first-order valence-corrected chi connectivity index (χ1v) is 9.24. The van der Waals surface area contributed by atoms with Crippen LogP contribution in [0.15, 0.2) is 18.5 Å². The number of rotatable bonds is 3. The van der Waals surface area contributed by atoms with Crippen molar-refractivity contribution in [2.24, 2.45) is 5.92 Å². The molecule has 2 aliphatic rings. The standard InChI is InChI=1S/C19H30N4O/c1-15(2)21-8-5-17(6-9-21)19(24)23-12-10-22(11-13-23)18-4-7-20-14-16(18)3/h4,7,14-15,17H,5-6,8-13H2,1-3H3. The minimum atomic E-state index is 0.231. The Kier molecular flexibility index (Phi) is 5.39. The Bertz CT molecular complexity index is 558. The summed E-state index contributed by atoms with van der Waals surface area (Å²) in [5.41, 5.74) is 2.46. The quantitative estimate of drug-likeness (QED) is 0.851. The number of pyridine rings is 1. The monoisotopic (exact) mass is 330 g/mol. The maximum Gasteiger partial charge on any atom is 0.225 e. The number of piperidine rings is 1. The SMILES string of the molecule is Cc1cnccc1N1CCN(C(=O)C2CCN(C(C)C)CC2)CC1. The summed E-state index contributed by atoms with van der Waals surface area (Å²) in [6, 6.07) is 2.67. The molecular formula is C19H30N4O. The van der Waals surface area contributed by atoms with Gasteiger partial charge in [-0.1, -0.05) is 0 Å². The third-order valence-electron chi connectivity index (χ3n) is 5.53. The molecule has 0 aliphatic carbocycles. The zero-order valence-corrected chi connectivity index (χ0v) is 15.2. The molecule has 5 nitrogen and oxygen atoms in total. The van der Waals surface area contributed by atoms with Gasteiger partial charge in [-0.05, 0) is 58.3 Å². The Morgan fingerprint density at radius 2 is 1.79 bits per heavy atom. The fourth-order valence-electron chi connectivity index (χ4n) is 3.91. The third kappa shape index (κ3) is 3.72. The fourth-order valence-corrected chi connectivity index (χ4v) is 3.91. The summed E-state index contributed by atoms with van der Waals surface area (Å²) in [6.45, 7) is 12.2. The zero-order valence-electron chi connectivity index (χ0n) is 15.2. The first kappa shape index (κ1) is 17.2. The molecule has 0 aromatic carbocycles. The molecule has 0 saturated carbocycles. The van der Waals surface area contributed by atoms with Crippen LogP contribution in [0.25, 0.3) is 0 Å². The second kappa shape index (κ2) is 7.51. The molecule has 5 heteroatoms. The number of hydrogen-bond acceptors (Lipinski definition) is 4. The number of carbonyl (C=O) groups is 1. The molecular weight excluding hydrogens is 300 g/mol. The van der Waals surface area contributed by atoms with Crippen LogP contribution >= 0.6 is 0 Å². The van der Waals surface area contributed by atoms with Crippen LogP contribution in [-0.2, 0) is 4.79 Å². The predicted octanol–water partition coefficient (Wildman–Crippen LogP) is 2.16. The van der Waals surface area contributed by atoms with Crippen LogP contribution in [0.5, 0.6) is 0 Å². The highest BCUT2D eigenvalue weighted by atomic mass is 16.2. The van der Waals surface area contributed by atoms with Crippen LogP contribution in [0, 0.1) is 12.8 Å². The van der Waals surface area contributed by atoms with Crippen molar-refractivity contribution in [1.82, 2.24) is 14.8 Å². The molecule has 0 N–H and O–H groups in total. The summed E-state index contributed by atoms with van der Waals surface area (Å²) in [4.78, 5) is 23.9. The van der Waals surface area contributed by atoms with Crippen LogP contribution in [0.2, 0.25) is 0 Å². The van der Waals surface area contributed by atoms with E-state index in [1.165, 1.54) is 11.3 Å². The maximum absolute atomic E-state index is 12.8. The van der Waals surface area contributed by atoms with Crippen molar-refractivity contribution < 1.29 is 4.79 Å². The van der Waals surface area contributed by atoms with Crippen molar-refractivity contribution in [3.63, 3.8) is 0 Å². The molecule has 1 aromatic heterocycles. The van der Waals surface area contributed by atoms with Gasteiger partial charge < -0.3 is 14.7 Å². The molecule has 1 aromatic rings. The van der Waals surface area contributed by atoms with Crippen molar-refractivity contribution in [2.45, 2.75) is 39.7 Å². The first-order valence-electron chi connectivity index (χ1n) is 9.24. The van der Waals surface area contributed by atoms with Crippen molar-refractivity contribution in [1.29, 1.82) is 0 Å². The molecule has 0 spiro atoms. The highest BCUT2D eigenvalue weighted by Gasteiger charge is 2.31. The summed E-state index contributed by atoms with van der Waals surface area (Å²) in [7, 11) is 0. The minimum absolute atomic E-state index is 0.231. The van der Waals surface area contributed by atoms with Gasteiger partial charge in [0.15, 0.2) is 0 Å². The summed E-state index contributed by atoms with van der Waals surface area (Å²) >= 11 is 0. The average Bonchev–Trinajstić information content (AvgIpc) is 2.62. The van der Waals surface area contributed by atoms with Gasteiger partial charge in [-0.25, -0.2) is 0 Å². The number of nitrogens with zero attached hydrogens (tertiary/aromatic N) is 4. The van der Waals surface area contributed by atoms with Crippen molar-refractivity contribution >= 4 is 11.6 Å². The van der Waals surface area contributed by atoms with Crippen LogP contribution in [-0.4, -0.2) is 66.0 Å². The number of carbonyl (C=O) groups excluding carboxylic acids is 1. The Hall–Kier alpha value is -1.62. The van der Waals surface area contributed by atoms with Gasteiger partial charge in [-0.15, -0.1) is 0 Å². The molecule has 0 bridgehead atoms. The zero-order chi connectivity index (χ0) is 17.1. The molecule has 0 atom stereocenters. The van der Waals surface area contributed by atoms with Crippen LogP contribution in [0.1, 0.15) is 32.3 Å². The van der Waals surface area contributed by atoms with Gasteiger partial charge in [-0.3, -0.25) is 9.78 Å². The van der Waals surface area contributed by atoms with E-state index in [0.717, 1.165) is 52.1 Å². The Morgan fingerprint density at radius 1 is 1.12 bits per heavy atom. The number of piperazine rings is 1. The molecule has 0 unspecified atom stereocenters.